The Labute approximate surface area is 144 Å². The van der Waals surface area contributed by atoms with E-state index in [0.29, 0.717) is 40.8 Å². The molecule has 0 bridgehead atoms. The Bertz CT molecular complexity index is 1010. The summed E-state index contributed by atoms with van der Waals surface area (Å²) in [6.45, 7) is 0. The van der Waals surface area contributed by atoms with E-state index in [-0.39, 0.29) is 5.56 Å². The molecule has 1 aliphatic heterocycles. The SMILES string of the molecule is COc1ccc(-c2nc3c(c(=O)[nH]2)Cc2ccccc2O3)cc1OC. The Morgan fingerprint density at radius 3 is 2.68 bits per heavy atom. The summed E-state index contributed by atoms with van der Waals surface area (Å²) in [5, 5.41) is 0. The lowest BCUT2D eigenvalue weighted by Gasteiger charge is -2.19. The lowest BCUT2D eigenvalue weighted by molar-refractivity contribution is 0.355. The monoisotopic (exact) mass is 336 g/mol. The molecular formula is C19H16N2O4. The van der Waals surface area contributed by atoms with E-state index in [1.807, 2.05) is 30.3 Å². The molecule has 2 heterocycles. The van der Waals surface area contributed by atoms with Crippen LogP contribution >= 0.6 is 0 Å². The molecule has 0 aliphatic carbocycles. The molecular weight excluding hydrogens is 320 g/mol. The van der Waals surface area contributed by atoms with Gasteiger partial charge >= 0.3 is 0 Å². The van der Waals surface area contributed by atoms with Gasteiger partial charge < -0.3 is 19.2 Å². The van der Waals surface area contributed by atoms with Crippen LogP contribution in [0.5, 0.6) is 23.1 Å². The number of aromatic nitrogens is 2. The Kier molecular flexibility index (Phi) is 3.65. The van der Waals surface area contributed by atoms with Crippen molar-refractivity contribution in [2.75, 3.05) is 14.2 Å². The molecule has 1 aromatic heterocycles. The average Bonchev–Trinajstić information content (AvgIpc) is 2.66. The van der Waals surface area contributed by atoms with Gasteiger partial charge in [0.1, 0.15) is 11.6 Å². The van der Waals surface area contributed by atoms with Gasteiger partial charge in [-0.3, -0.25) is 4.79 Å². The third kappa shape index (κ3) is 2.61. The Morgan fingerprint density at radius 2 is 1.88 bits per heavy atom. The number of ether oxygens (including phenoxy) is 3. The van der Waals surface area contributed by atoms with E-state index in [0.717, 1.165) is 11.3 Å². The zero-order valence-electron chi connectivity index (χ0n) is 13.8. The van der Waals surface area contributed by atoms with Crippen LogP contribution in [0.25, 0.3) is 11.4 Å². The van der Waals surface area contributed by atoms with E-state index in [4.69, 9.17) is 14.2 Å². The van der Waals surface area contributed by atoms with Crippen molar-refractivity contribution in [1.29, 1.82) is 0 Å². The number of fused-ring (bicyclic) bond motifs is 2. The number of nitrogens with zero attached hydrogens (tertiary/aromatic N) is 1. The normalized spacial score (nSPS) is 11.9. The van der Waals surface area contributed by atoms with Crippen LogP contribution in [0.2, 0.25) is 0 Å². The number of hydrogen-bond acceptors (Lipinski definition) is 5. The molecule has 2 aromatic carbocycles. The number of rotatable bonds is 3. The standard InChI is InChI=1S/C19H16N2O4/c1-23-15-8-7-12(10-16(15)24-2)17-20-18(22)13-9-11-5-3-4-6-14(11)25-19(13)21-17/h3-8,10H,9H2,1-2H3,(H,20,21,22). The van der Waals surface area contributed by atoms with Gasteiger partial charge in [-0.1, -0.05) is 18.2 Å². The maximum Gasteiger partial charge on any atom is 0.258 e. The summed E-state index contributed by atoms with van der Waals surface area (Å²) < 4.78 is 16.4. The fraction of sp³-hybridized carbons (Fsp3) is 0.158. The van der Waals surface area contributed by atoms with Crippen LogP contribution in [0.3, 0.4) is 0 Å². The number of benzene rings is 2. The third-order valence-electron chi connectivity index (χ3n) is 4.18. The fourth-order valence-corrected chi connectivity index (χ4v) is 2.88. The molecule has 0 spiro atoms. The van der Waals surface area contributed by atoms with E-state index in [1.54, 1.807) is 26.4 Å². The van der Waals surface area contributed by atoms with E-state index in [2.05, 4.69) is 9.97 Å². The zero-order chi connectivity index (χ0) is 17.4. The summed E-state index contributed by atoms with van der Waals surface area (Å²) in [4.78, 5) is 19.8. The van der Waals surface area contributed by atoms with Crippen molar-refractivity contribution in [3.8, 4) is 34.5 Å². The van der Waals surface area contributed by atoms with Crippen LogP contribution in [0.15, 0.2) is 47.3 Å². The van der Waals surface area contributed by atoms with Gasteiger partial charge in [0.05, 0.1) is 19.8 Å². The van der Waals surface area contributed by atoms with E-state index < -0.39 is 0 Å². The highest BCUT2D eigenvalue weighted by Gasteiger charge is 2.22. The van der Waals surface area contributed by atoms with Crippen molar-refractivity contribution in [3.63, 3.8) is 0 Å². The third-order valence-corrected chi connectivity index (χ3v) is 4.18. The van der Waals surface area contributed by atoms with Crippen LogP contribution in [-0.4, -0.2) is 24.2 Å². The predicted molar refractivity (Wildman–Crippen MR) is 92.7 cm³/mol. The van der Waals surface area contributed by atoms with Crippen LogP contribution < -0.4 is 19.8 Å². The number of H-pyrrole nitrogens is 1. The first-order valence-corrected chi connectivity index (χ1v) is 7.81. The summed E-state index contributed by atoms with van der Waals surface area (Å²) in [6, 6.07) is 13.0. The first-order chi connectivity index (χ1) is 12.2. The lowest BCUT2D eigenvalue weighted by Crippen LogP contribution is -2.20. The maximum atomic E-state index is 12.5. The summed E-state index contributed by atoms with van der Waals surface area (Å²) >= 11 is 0. The highest BCUT2D eigenvalue weighted by molar-refractivity contribution is 5.62. The smallest absolute Gasteiger partial charge is 0.258 e. The van der Waals surface area contributed by atoms with Gasteiger partial charge in [-0.25, -0.2) is 0 Å². The second kappa shape index (κ2) is 5.98. The lowest BCUT2D eigenvalue weighted by atomic mass is 10.0. The molecule has 3 aromatic rings. The first kappa shape index (κ1) is 15.3. The minimum absolute atomic E-state index is 0.204. The predicted octanol–water partition coefficient (Wildman–Crippen LogP) is 3.15. The molecule has 6 heteroatoms. The molecule has 0 radical (unpaired) electrons. The Balaban J connectivity index is 1.79. The van der Waals surface area contributed by atoms with Crippen LogP contribution in [0.4, 0.5) is 0 Å². The van der Waals surface area contributed by atoms with Crippen LogP contribution in [0.1, 0.15) is 11.1 Å². The molecule has 1 aliphatic rings. The molecule has 25 heavy (non-hydrogen) atoms. The van der Waals surface area contributed by atoms with E-state index >= 15 is 0 Å². The minimum atomic E-state index is -0.204. The van der Waals surface area contributed by atoms with Crippen molar-refractivity contribution < 1.29 is 14.2 Å². The summed E-state index contributed by atoms with van der Waals surface area (Å²) in [5.41, 5.74) is 2.01. The average molecular weight is 336 g/mol. The van der Waals surface area contributed by atoms with Crippen molar-refractivity contribution in [1.82, 2.24) is 9.97 Å². The number of hydrogen-bond donors (Lipinski definition) is 1. The van der Waals surface area contributed by atoms with Crippen molar-refractivity contribution in [2.24, 2.45) is 0 Å². The summed E-state index contributed by atoms with van der Waals surface area (Å²) in [6.07, 6.45) is 0.500. The van der Waals surface area contributed by atoms with Crippen LogP contribution in [0, 0.1) is 0 Å². The number of methoxy groups -OCH3 is 2. The molecule has 0 fully saturated rings. The minimum Gasteiger partial charge on any atom is -0.493 e. The van der Waals surface area contributed by atoms with Crippen molar-refractivity contribution in [2.45, 2.75) is 6.42 Å². The number of aromatic amines is 1. The molecule has 0 saturated heterocycles. The summed E-state index contributed by atoms with van der Waals surface area (Å²) in [5.74, 6) is 2.66. The van der Waals surface area contributed by atoms with Crippen molar-refractivity contribution >= 4 is 0 Å². The highest BCUT2D eigenvalue weighted by atomic mass is 16.5. The molecule has 0 amide bonds. The van der Waals surface area contributed by atoms with Gasteiger partial charge in [-0.05, 0) is 29.8 Å². The van der Waals surface area contributed by atoms with Gasteiger partial charge in [-0.2, -0.15) is 4.98 Å². The van der Waals surface area contributed by atoms with Crippen molar-refractivity contribution in [3.05, 3.63) is 63.9 Å². The quantitative estimate of drug-likeness (QED) is 0.622. The largest absolute Gasteiger partial charge is 0.493 e. The molecule has 4 rings (SSSR count). The molecule has 126 valence electrons. The molecule has 0 atom stereocenters. The fourth-order valence-electron chi connectivity index (χ4n) is 2.88. The summed E-state index contributed by atoms with van der Waals surface area (Å²) in [7, 11) is 3.13. The van der Waals surface area contributed by atoms with Gasteiger partial charge in [0.15, 0.2) is 11.5 Å². The topological polar surface area (TPSA) is 73.4 Å². The molecule has 1 N–H and O–H groups in total. The molecule has 6 nitrogen and oxygen atoms in total. The second-order valence-corrected chi connectivity index (χ2v) is 5.65. The van der Waals surface area contributed by atoms with Gasteiger partial charge in [0, 0.05) is 12.0 Å². The van der Waals surface area contributed by atoms with Gasteiger partial charge in [0.25, 0.3) is 5.56 Å². The Hall–Kier alpha value is -3.28. The number of nitrogens with one attached hydrogen (secondary N) is 1. The highest BCUT2D eigenvalue weighted by Crippen LogP contribution is 2.35. The first-order valence-electron chi connectivity index (χ1n) is 7.81. The number of para-hydroxylation sites is 1. The van der Waals surface area contributed by atoms with Gasteiger partial charge in [-0.15, -0.1) is 0 Å². The Morgan fingerprint density at radius 1 is 1.08 bits per heavy atom. The molecule has 0 unspecified atom stereocenters. The zero-order valence-corrected chi connectivity index (χ0v) is 13.8. The molecule has 0 saturated carbocycles. The van der Waals surface area contributed by atoms with E-state index in [9.17, 15) is 4.79 Å². The second-order valence-electron chi connectivity index (χ2n) is 5.65. The van der Waals surface area contributed by atoms with Crippen LogP contribution in [-0.2, 0) is 6.42 Å². The van der Waals surface area contributed by atoms with E-state index in [1.165, 1.54) is 0 Å². The maximum absolute atomic E-state index is 12.5. The van der Waals surface area contributed by atoms with Gasteiger partial charge in [0.2, 0.25) is 5.88 Å².